The van der Waals surface area contributed by atoms with E-state index in [0.29, 0.717) is 23.0 Å². The van der Waals surface area contributed by atoms with Gasteiger partial charge in [0.2, 0.25) is 0 Å². The van der Waals surface area contributed by atoms with Gasteiger partial charge in [-0.25, -0.2) is 4.68 Å². The highest BCUT2D eigenvalue weighted by Crippen LogP contribution is 2.32. The van der Waals surface area contributed by atoms with Crippen molar-refractivity contribution < 1.29 is 18.0 Å². The zero-order valence-corrected chi connectivity index (χ0v) is 18.6. The second-order valence-corrected chi connectivity index (χ2v) is 7.68. The first-order chi connectivity index (χ1) is 16.1. The van der Waals surface area contributed by atoms with E-state index in [-0.39, 0.29) is 0 Å². The number of rotatable bonds is 5. The van der Waals surface area contributed by atoms with Gasteiger partial charge in [-0.1, -0.05) is 12.1 Å². The highest BCUT2D eigenvalue weighted by Gasteiger charge is 2.34. The third kappa shape index (κ3) is 4.75. The molecule has 0 atom stereocenters. The summed E-state index contributed by atoms with van der Waals surface area (Å²) in [5.74, 6) is 0.254. The predicted molar refractivity (Wildman–Crippen MR) is 122 cm³/mol. The molecule has 0 aliphatic carbocycles. The van der Waals surface area contributed by atoms with Gasteiger partial charge < -0.3 is 10.6 Å². The van der Waals surface area contributed by atoms with Gasteiger partial charge in [0, 0.05) is 17.1 Å². The molecular weight excluding hydrogens is 445 g/mol. The van der Waals surface area contributed by atoms with Crippen LogP contribution in [-0.4, -0.2) is 25.9 Å². The van der Waals surface area contributed by atoms with Gasteiger partial charge in [-0.05, 0) is 74.9 Å². The number of amides is 1. The average molecular weight is 466 g/mol. The normalized spacial score (nSPS) is 11.4. The summed E-state index contributed by atoms with van der Waals surface area (Å²) in [7, 11) is 0. The first-order valence-corrected chi connectivity index (χ1v) is 10.3. The van der Waals surface area contributed by atoms with Crippen LogP contribution < -0.4 is 10.6 Å². The topological polar surface area (TPSA) is 84.7 Å². The van der Waals surface area contributed by atoms with Gasteiger partial charge in [-0.3, -0.25) is 4.79 Å². The monoisotopic (exact) mass is 466 g/mol. The summed E-state index contributed by atoms with van der Waals surface area (Å²) >= 11 is 0. The standard InChI is InChI=1S/C24H21F3N6O/c1-14-15(2)32-33(16(14)3)22-13-12-21(30-31-22)28-17-8-10-18(11-9-17)29-23(34)19-6-4-5-7-20(19)24(25,26)27/h4-13H,1-3H3,(H,28,30)(H,29,34). The maximum Gasteiger partial charge on any atom is 0.417 e. The summed E-state index contributed by atoms with van der Waals surface area (Å²) < 4.78 is 41.2. The molecule has 0 bridgehead atoms. The third-order valence-corrected chi connectivity index (χ3v) is 5.41. The number of hydrogen-bond acceptors (Lipinski definition) is 5. The SMILES string of the molecule is Cc1nn(-c2ccc(Nc3ccc(NC(=O)c4ccccc4C(F)(F)F)cc3)nn2)c(C)c1C. The molecule has 1 amide bonds. The Labute approximate surface area is 193 Å². The van der Waals surface area contributed by atoms with Gasteiger partial charge in [0.05, 0.1) is 16.8 Å². The fourth-order valence-electron chi connectivity index (χ4n) is 3.36. The van der Waals surface area contributed by atoms with Crippen molar-refractivity contribution in [3.05, 3.63) is 88.7 Å². The summed E-state index contributed by atoms with van der Waals surface area (Å²) in [6.45, 7) is 5.90. The Morgan fingerprint density at radius 2 is 1.56 bits per heavy atom. The van der Waals surface area contributed by atoms with Crippen molar-refractivity contribution in [2.75, 3.05) is 10.6 Å². The van der Waals surface area contributed by atoms with Crippen LogP contribution in [0, 0.1) is 20.8 Å². The van der Waals surface area contributed by atoms with E-state index in [9.17, 15) is 18.0 Å². The van der Waals surface area contributed by atoms with Gasteiger partial charge in [-0.2, -0.15) is 18.3 Å². The van der Waals surface area contributed by atoms with Crippen molar-refractivity contribution >= 4 is 23.1 Å². The molecule has 4 aromatic rings. The number of aromatic nitrogens is 4. The maximum atomic E-state index is 13.2. The highest BCUT2D eigenvalue weighted by atomic mass is 19.4. The number of benzene rings is 2. The molecule has 34 heavy (non-hydrogen) atoms. The van der Waals surface area contributed by atoms with Crippen LogP contribution >= 0.6 is 0 Å². The zero-order valence-electron chi connectivity index (χ0n) is 18.6. The van der Waals surface area contributed by atoms with Crippen LogP contribution in [0.25, 0.3) is 5.82 Å². The number of anilines is 3. The zero-order chi connectivity index (χ0) is 24.5. The lowest BCUT2D eigenvalue weighted by Gasteiger charge is -2.13. The Morgan fingerprint density at radius 3 is 2.15 bits per heavy atom. The minimum Gasteiger partial charge on any atom is -0.339 e. The molecule has 0 fully saturated rings. The molecule has 2 N–H and O–H groups in total. The van der Waals surface area contributed by atoms with E-state index >= 15 is 0 Å². The number of aryl methyl sites for hydroxylation is 1. The number of alkyl halides is 3. The number of halogens is 3. The van der Waals surface area contributed by atoms with Crippen LogP contribution in [0.5, 0.6) is 0 Å². The average Bonchev–Trinajstić information content (AvgIpc) is 3.07. The van der Waals surface area contributed by atoms with Crippen LogP contribution in [0.1, 0.15) is 32.9 Å². The Balaban J connectivity index is 1.44. The minimum absolute atomic E-state index is 0.355. The predicted octanol–water partition coefficient (Wildman–Crippen LogP) is 5.60. The lowest BCUT2D eigenvalue weighted by molar-refractivity contribution is -0.137. The van der Waals surface area contributed by atoms with Crippen molar-refractivity contribution in [1.29, 1.82) is 0 Å². The van der Waals surface area contributed by atoms with E-state index in [0.717, 1.165) is 29.1 Å². The molecule has 0 saturated heterocycles. The molecule has 7 nitrogen and oxygen atoms in total. The minimum atomic E-state index is -4.62. The molecular formula is C24H21F3N6O. The third-order valence-electron chi connectivity index (χ3n) is 5.41. The van der Waals surface area contributed by atoms with Gasteiger partial charge in [-0.15, -0.1) is 10.2 Å². The van der Waals surface area contributed by atoms with Crippen LogP contribution in [0.4, 0.5) is 30.4 Å². The van der Waals surface area contributed by atoms with Crippen molar-refractivity contribution in [1.82, 2.24) is 20.0 Å². The van der Waals surface area contributed by atoms with Crippen molar-refractivity contribution in [3.63, 3.8) is 0 Å². The molecule has 0 aliphatic rings. The Kier molecular flexibility index (Phi) is 6.06. The molecule has 4 rings (SSSR count). The van der Waals surface area contributed by atoms with Crippen molar-refractivity contribution in [3.8, 4) is 5.82 Å². The highest BCUT2D eigenvalue weighted by molar-refractivity contribution is 6.05. The molecule has 0 radical (unpaired) electrons. The van der Waals surface area contributed by atoms with Crippen LogP contribution in [0.15, 0.2) is 60.7 Å². The molecule has 0 aliphatic heterocycles. The Morgan fingerprint density at radius 1 is 0.882 bits per heavy atom. The van der Waals surface area contributed by atoms with E-state index in [1.165, 1.54) is 12.1 Å². The summed E-state index contributed by atoms with van der Waals surface area (Å²) in [5.41, 5.74) is 2.61. The van der Waals surface area contributed by atoms with Gasteiger partial charge in [0.1, 0.15) is 0 Å². The summed E-state index contributed by atoms with van der Waals surface area (Å²) in [5, 5.41) is 18.4. The lowest BCUT2D eigenvalue weighted by atomic mass is 10.1. The Bertz CT molecular complexity index is 1330. The van der Waals surface area contributed by atoms with Gasteiger partial charge in [0.15, 0.2) is 11.6 Å². The van der Waals surface area contributed by atoms with Crippen LogP contribution in [0.2, 0.25) is 0 Å². The molecule has 0 unspecified atom stereocenters. The van der Waals surface area contributed by atoms with Crippen LogP contribution in [0.3, 0.4) is 0 Å². The molecule has 174 valence electrons. The fourth-order valence-corrected chi connectivity index (χ4v) is 3.36. The summed E-state index contributed by atoms with van der Waals surface area (Å²) in [6, 6.07) is 14.7. The second kappa shape index (κ2) is 8.97. The fraction of sp³-hybridized carbons (Fsp3) is 0.167. The number of nitrogens with zero attached hydrogens (tertiary/aromatic N) is 4. The molecule has 10 heteroatoms. The van der Waals surface area contributed by atoms with Gasteiger partial charge in [0.25, 0.3) is 5.91 Å². The van der Waals surface area contributed by atoms with E-state index in [4.69, 9.17) is 0 Å². The van der Waals surface area contributed by atoms with Crippen LogP contribution in [-0.2, 0) is 6.18 Å². The lowest BCUT2D eigenvalue weighted by Crippen LogP contribution is -2.18. The maximum absolute atomic E-state index is 13.2. The first kappa shape index (κ1) is 23.0. The summed E-state index contributed by atoms with van der Waals surface area (Å²) in [6.07, 6.45) is -4.62. The number of hydrogen-bond donors (Lipinski definition) is 2. The molecule has 0 saturated carbocycles. The van der Waals surface area contributed by atoms with E-state index < -0.39 is 23.2 Å². The summed E-state index contributed by atoms with van der Waals surface area (Å²) in [4.78, 5) is 12.4. The number of nitrogens with one attached hydrogen (secondary N) is 2. The molecule has 0 spiro atoms. The van der Waals surface area contributed by atoms with Crippen molar-refractivity contribution in [2.45, 2.75) is 26.9 Å². The largest absolute Gasteiger partial charge is 0.417 e. The van der Waals surface area contributed by atoms with E-state index in [2.05, 4.69) is 25.9 Å². The number of carbonyl (C=O) groups excluding carboxylic acids is 1. The smallest absolute Gasteiger partial charge is 0.339 e. The van der Waals surface area contributed by atoms with Crippen molar-refractivity contribution in [2.24, 2.45) is 0 Å². The number of carbonyl (C=O) groups is 1. The molecule has 2 aromatic heterocycles. The quantitative estimate of drug-likeness (QED) is 0.400. The van der Waals surface area contributed by atoms with E-state index in [1.54, 1.807) is 41.1 Å². The van der Waals surface area contributed by atoms with Gasteiger partial charge >= 0.3 is 6.18 Å². The second-order valence-electron chi connectivity index (χ2n) is 7.68. The molecule has 2 aromatic carbocycles. The van der Waals surface area contributed by atoms with E-state index in [1.807, 2.05) is 20.8 Å². The molecule has 2 heterocycles. The Hall–Kier alpha value is -4.21. The first-order valence-electron chi connectivity index (χ1n) is 10.3.